The zero-order valence-corrected chi connectivity index (χ0v) is 10.6. The molecule has 0 fully saturated rings. The van der Waals surface area contributed by atoms with Crippen molar-refractivity contribution < 1.29 is 18.6 Å². The highest BCUT2D eigenvalue weighted by Crippen LogP contribution is 2.36. The summed E-state index contributed by atoms with van der Waals surface area (Å²) in [5, 5.41) is 9.32. The molecule has 1 aromatic rings. The molecule has 0 saturated carbocycles. The first-order valence-electron chi connectivity index (χ1n) is 5.27. The Bertz CT molecular complexity index is 392. The molecule has 0 aliphatic heterocycles. The topological polar surface area (TPSA) is 29.5 Å². The van der Waals surface area contributed by atoms with Gasteiger partial charge in [-0.2, -0.15) is 8.78 Å². The molecule has 0 aromatic heterocycles. The number of rotatable bonds is 4. The molecule has 1 N–H and O–H groups in total. The molecular formula is C12H15ClF2O2. The van der Waals surface area contributed by atoms with Crippen molar-refractivity contribution in [3.8, 4) is 5.75 Å². The van der Waals surface area contributed by atoms with E-state index in [0.29, 0.717) is 0 Å². The van der Waals surface area contributed by atoms with E-state index in [1.54, 1.807) is 13.8 Å². The van der Waals surface area contributed by atoms with Crippen LogP contribution in [-0.4, -0.2) is 17.3 Å². The third-order valence-corrected chi connectivity index (χ3v) is 2.52. The molecule has 0 aliphatic carbocycles. The van der Waals surface area contributed by atoms with Gasteiger partial charge in [0.2, 0.25) is 0 Å². The van der Waals surface area contributed by atoms with Crippen LogP contribution in [0.3, 0.4) is 0 Å². The summed E-state index contributed by atoms with van der Waals surface area (Å²) in [6.45, 7) is 4.59. The second-order valence-electron chi connectivity index (χ2n) is 4.11. The smallest absolute Gasteiger partial charge is 0.298 e. The second kappa shape index (κ2) is 5.19. The standard InChI is InChI=1S/C12H15ClF2O2/c1-7(2)17-11-6-9(4-5-10(11)13)12(14,15)8(3)16/h4-8,16H,1-3H3. The molecule has 1 unspecified atom stereocenters. The Morgan fingerprint density at radius 3 is 2.35 bits per heavy atom. The summed E-state index contributed by atoms with van der Waals surface area (Å²) < 4.78 is 32.5. The van der Waals surface area contributed by atoms with E-state index in [-0.39, 0.29) is 22.4 Å². The Morgan fingerprint density at radius 1 is 1.29 bits per heavy atom. The van der Waals surface area contributed by atoms with Crippen molar-refractivity contribution in [2.75, 3.05) is 0 Å². The Balaban J connectivity index is 3.12. The fraction of sp³-hybridized carbons (Fsp3) is 0.500. The molecule has 0 spiro atoms. The lowest BCUT2D eigenvalue weighted by Crippen LogP contribution is -2.28. The van der Waals surface area contributed by atoms with Gasteiger partial charge in [-0.1, -0.05) is 17.7 Å². The predicted molar refractivity (Wildman–Crippen MR) is 62.8 cm³/mol. The Hall–Kier alpha value is -0.870. The molecule has 17 heavy (non-hydrogen) atoms. The summed E-state index contributed by atoms with van der Waals surface area (Å²) >= 11 is 5.84. The highest BCUT2D eigenvalue weighted by molar-refractivity contribution is 6.32. The molecule has 0 heterocycles. The third kappa shape index (κ3) is 3.30. The van der Waals surface area contributed by atoms with Crippen molar-refractivity contribution in [1.29, 1.82) is 0 Å². The van der Waals surface area contributed by atoms with Crippen LogP contribution >= 0.6 is 11.6 Å². The number of aliphatic hydroxyl groups is 1. The van der Waals surface area contributed by atoms with Crippen LogP contribution in [0, 0.1) is 0 Å². The van der Waals surface area contributed by atoms with Crippen molar-refractivity contribution in [1.82, 2.24) is 0 Å². The number of hydrogen-bond acceptors (Lipinski definition) is 2. The van der Waals surface area contributed by atoms with E-state index in [1.807, 2.05) is 0 Å². The Kier molecular flexibility index (Phi) is 4.33. The van der Waals surface area contributed by atoms with Crippen LogP contribution in [0.25, 0.3) is 0 Å². The quantitative estimate of drug-likeness (QED) is 0.900. The maximum Gasteiger partial charge on any atom is 0.298 e. The summed E-state index contributed by atoms with van der Waals surface area (Å²) in [5.74, 6) is -3.13. The van der Waals surface area contributed by atoms with E-state index in [0.717, 1.165) is 13.0 Å². The van der Waals surface area contributed by atoms with Gasteiger partial charge < -0.3 is 9.84 Å². The molecule has 0 radical (unpaired) electrons. The minimum Gasteiger partial charge on any atom is -0.489 e. The van der Waals surface area contributed by atoms with Crippen LogP contribution in [0.4, 0.5) is 8.78 Å². The maximum atomic E-state index is 13.6. The predicted octanol–water partition coefficient (Wildman–Crippen LogP) is 3.60. The van der Waals surface area contributed by atoms with Gasteiger partial charge in [0.1, 0.15) is 11.9 Å². The van der Waals surface area contributed by atoms with Crippen molar-refractivity contribution in [2.45, 2.75) is 38.9 Å². The lowest BCUT2D eigenvalue weighted by molar-refractivity contribution is -0.106. The van der Waals surface area contributed by atoms with Crippen LogP contribution in [-0.2, 0) is 5.92 Å². The van der Waals surface area contributed by atoms with Crippen molar-refractivity contribution in [2.24, 2.45) is 0 Å². The van der Waals surface area contributed by atoms with Gasteiger partial charge >= 0.3 is 0 Å². The second-order valence-corrected chi connectivity index (χ2v) is 4.52. The number of hydrogen-bond donors (Lipinski definition) is 1. The largest absolute Gasteiger partial charge is 0.489 e. The fourth-order valence-corrected chi connectivity index (χ4v) is 1.46. The van der Waals surface area contributed by atoms with Gasteiger partial charge in [0.15, 0.2) is 0 Å². The summed E-state index contributed by atoms with van der Waals surface area (Å²) in [4.78, 5) is 0. The summed E-state index contributed by atoms with van der Waals surface area (Å²) in [6, 6.07) is 3.68. The third-order valence-electron chi connectivity index (χ3n) is 2.20. The SMILES string of the molecule is CC(C)Oc1cc(C(F)(F)C(C)O)ccc1Cl. The molecule has 0 saturated heterocycles. The first-order valence-corrected chi connectivity index (χ1v) is 5.65. The molecule has 0 amide bonds. The van der Waals surface area contributed by atoms with Crippen LogP contribution in [0.1, 0.15) is 26.3 Å². The highest BCUT2D eigenvalue weighted by Gasteiger charge is 2.37. The van der Waals surface area contributed by atoms with Crippen LogP contribution in [0.5, 0.6) is 5.75 Å². The normalized spacial score (nSPS) is 13.9. The van der Waals surface area contributed by atoms with E-state index in [4.69, 9.17) is 21.4 Å². The van der Waals surface area contributed by atoms with Gasteiger partial charge in [-0.05, 0) is 32.9 Å². The van der Waals surface area contributed by atoms with Crippen molar-refractivity contribution in [3.63, 3.8) is 0 Å². The maximum absolute atomic E-state index is 13.6. The minimum absolute atomic E-state index is 0.164. The van der Waals surface area contributed by atoms with E-state index in [1.165, 1.54) is 12.1 Å². The molecular weight excluding hydrogens is 250 g/mol. The van der Waals surface area contributed by atoms with Gasteiger partial charge in [0.05, 0.1) is 11.1 Å². The van der Waals surface area contributed by atoms with Gasteiger partial charge in [-0.3, -0.25) is 0 Å². The lowest BCUT2D eigenvalue weighted by atomic mass is 10.0. The molecule has 1 rings (SSSR count). The van der Waals surface area contributed by atoms with Gasteiger partial charge in [0, 0.05) is 5.56 Å². The number of aliphatic hydroxyl groups excluding tert-OH is 1. The molecule has 1 aromatic carbocycles. The zero-order valence-electron chi connectivity index (χ0n) is 9.88. The average Bonchev–Trinajstić information content (AvgIpc) is 2.20. The molecule has 96 valence electrons. The monoisotopic (exact) mass is 264 g/mol. The first kappa shape index (κ1) is 14.2. The first-order chi connectivity index (χ1) is 7.75. The van der Waals surface area contributed by atoms with E-state index in [2.05, 4.69) is 0 Å². The van der Waals surface area contributed by atoms with Crippen molar-refractivity contribution in [3.05, 3.63) is 28.8 Å². The van der Waals surface area contributed by atoms with E-state index in [9.17, 15) is 8.78 Å². The van der Waals surface area contributed by atoms with Gasteiger partial charge in [-0.25, -0.2) is 0 Å². The number of ether oxygens (including phenoxy) is 1. The van der Waals surface area contributed by atoms with Crippen LogP contribution in [0.2, 0.25) is 5.02 Å². The van der Waals surface area contributed by atoms with Crippen molar-refractivity contribution >= 4 is 11.6 Å². The van der Waals surface area contributed by atoms with E-state index < -0.39 is 12.0 Å². The number of alkyl halides is 2. The Morgan fingerprint density at radius 2 is 1.88 bits per heavy atom. The fourth-order valence-electron chi connectivity index (χ4n) is 1.30. The molecule has 0 aliphatic rings. The van der Waals surface area contributed by atoms with Gasteiger partial charge in [0.25, 0.3) is 5.92 Å². The minimum atomic E-state index is -3.32. The van der Waals surface area contributed by atoms with E-state index >= 15 is 0 Å². The molecule has 5 heteroatoms. The lowest BCUT2D eigenvalue weighted by Gasteiger charge is -2.21. The summed E-state index contributed by atoms with van der Waals surface area (Å²) in [7, 11) is 0. The molecule has 1 atom stereocenters. The van der Waals surface area contributed by atoms with Gasteiger partial charge in [-0.15, -0.1) is 0 Å². The van der Waals surface area contributed by atoms with Crippen LogP contribution < -0.4 is 4.74 Å². The number of halogens is 3. The average molecular weight is 265 g/mol. The molecule has 0 bridgehead atoms. The Labute approximate surface area is 104 Å². The van der Waals surface area contributed by atoms with Crippen LogP contribution in [0.15, 0.2) is 18.2 Å². The zero-order chi connectivity index (χ0) is 13.2. The highest BCUT2D eigenvalue weighted by atomic mass is 35.5. The summed E-state index contributed by atoms with van der Waals surface area (Å²) in [5.41, 5.74) is -0.312. The number of benzene rings is 1. The molecule has 2 nitrogen and oxygen atoms in total. The summed E-state index contributed by atoms with van der Waals surface area (Å²) in [6.07, 6.45) is -1.93.